The van der Waals surface area contributed by atoms with Crippen LogP contribution >= 0.6 is 0 Å². The largest absolute Gasteiger partial charge is 0.388 e. The van der Waals surface area contributed by atoms with Gasteiger partial charge in [0.05, 0.1) is 11.2 Å². The minimum absolute atomic E-state index is 0.0848. The summed E-state index contributed by atoms with van der Waals surface area (Å²) in [6.45, 7) is 0.403. The monoisotopic (exact) mass is 234 g/mol. The summed E-state index contributed by atoms with van der Waals surface area (Å²) in [6, 6.07) is 3.48. The van der Waals surface area contributed by atoms with Crippen LogP contribution in [0.1, 0.15) is 36.0 Å². The van der Waals surface area contributed by atoms with Crippen LogP contribution < -0.4 is 0 Å². The van der Waals surface area contributed by atoms with Crippen LogP contribution in [0.4, 0.5) is 0 Å². The number of nitrogens with zero attached hydrogens (tertiary/aromatic N) is 2. The first-order valence-electron chi connectivity index (χ1n) is 5.99. The fourth-order valence-electron chi connectivity index (χ4n) is 2.41. The van der Waals surface area contributed by atoms with Crippen LogP contribution in [-0.4, -0.2) is 40.1 Å². The second-order valence-electron chi connectivity index (χ2n) is 4.83. The van der Waals surface area contributed by atoms with Gasteiger partial charge < -0.3 is 10.0 Å². The standard InChI is InChI=1S/C13H18N2O2/c1-15(10-13(17)6-2-3-7-13)12(16)11-5-4-8-14-9-11/h4-5,8-9,17H,2-3,6-7,10H2,1H3. The van der Waals surface area contributed by atoms with Crippen LogP contribution in [-0.2, 0) is 0 Å². The van der Waals surface area contributed by atoms with E-state index in [1.165, 1.54) is 0 Å². The summed E-state index contributed by atoms with van der Waals surface area (Å²) in [5, 5.41) is 10.2. The van der Waals surface area contributed by atoms with E-state index < -0.39 is 5.60 Å². The van der Waals surface area contributed by atoms with Crippen LogP contribution in [0.2, 0.25) is 0 Å². The topological polar surface area (TPSA) is 53.4 Å². The van der Waals surface area contributed by atoms with Crippen molar-refractivity contribution in [3.05, 3.63) is 30.1 Å². The molecule has 0 unspecified atom stereocenters. The van der Waals surface area contributed by atoms with E-state index in [0.717, 1.165) is 25.7 Å². The highest BCUT2D eigenvalue weighted by Crippen LogP contribution is 2.30. The predicted octanol–water partition coefficient (Wildman–Crippen LogP) is 1.46. The number of aromatic nitrogens is 1. The molecule has 0 aliphatic heterocycles. The first kappa shape index (κ1) is 12.0. The molecule has 4 heteroatoms. The Morgan fingerprint density at radius 1 is 1.53 bits per heavy atom. The van der Waals surface area contributed by atoms with Gasteiger partial charge in [0.25, 0.3) is 5.91 Å². The molecular weight excluding hydrogens is 216 g/mol. The molecular formula is C13H18N2O2. The summed E-state index contributed by atoms with van der Waals surface area (Å²) >= 11 is 0. The summed E-state index contributed by atoms with van der Waals surface area (Å²) in [4.78, 5) is 17.6. The first-order valence-corrected chi connectivity index (χ1v) is 5.99. The van der Waals surface area contributed by atoms with E-state index in [0.29, 0.717) is 12.1 Å². The van der Waals surface area contributed by atoms with E-state index in [1.807, 2.05) is 0 Å². The van der Waals surface area contributed by atoms with Crippen molar-refractivity contribution in [2.75, 3.05) is 13.6 Å². The maximum Gasteiger partial charge on any atom is 0.255 e. The molecule has 2 rings (SSSR count). The molecule has 0 bridgehead atoms. The number of carbonyl (C=O) groups is 1. The zero-order valence-electron chi connectivity index (χ0n) is 10.1. The highest BCUT2D eigenvalue weighted by Gasteiger charge is 2.33. The Kier molecular flexibility index (Phi) is 3.43. The van der Waals surface area contributed by atoms with Gasteiger partial charge in [-0.25, -0.2) is 0 Å². The third-order valence-corrected chi connectivity index (χ3v) is 3.32. The lowest BCUT2D eigenvalue weighted by Gasteiger charge is -2.28. The van der Waals surface area contributed by atoms with Crippen molar-refractivity contribution in [1.82, 2.24) is 9.88 Å². The fourth-order valence-corrected chi connectivity index (χ4v) is 2.41. The Morgan fingerprint density at radius 2 is 2.24 bits per heavy atom. The van der Waals surface area contributed by atoms with E-state index in [2.05, 4.69) is 4.98 Å². The molecule has 17 heavy (non-hydrogen) atoms. The van der Waals surface area contributed by atoms with E-state index in [4.69, 9.17) is 0 Å². The molecule has 1 aliphatic rings. The maximum absolute atomic E-state index is 12.0. The molecule has 1 amide bonds. The van der Waals surface area contributed by atoms with Crippen molar-refractivity contribution in [2.24, 2.45) is 0 Å². The van der Waals surface area contributed by atoms with Gasteiger partial charge in [-0.2, -0.15) is 0 Å². The van der Waals surface area contributed by atoms with Gasteiger partial charge >= 0.3 is 0 Å². The van der Waals surface area contributed by atoms with Crippen molar-refractivity contribution >= 4 is 5.91 Å². The smallest absolute Gasteiger partial charge is 0.255 e. The number of aliphatic hydroxyl groups is 1. The van der Waals surface area contributed by atoms with E-state index in [1.54, 1.807) is 36.5 Å². The van der Waals surface area contributed by atoms with Crippen molar-refractivity contribution < 1.29 is 9.90 Å². The molecule has 92 valence electrons. The van der Waals surface area contributed by atoms with E-state index >= 15 is 0 Å². The zero-order chi connectivity index (χ0) is 12.3. The summed E-state index contributed by atoms with van der Waals surface area (Å²) in [6.07, 6.45) is 6.87. The Bertz CT molecular complexity index is 386. The van der Waals surface area contributed by atoms with Gasteiger partial charge in [0.15, 0.2) is 0 Å². The Hall–Kier alpha value is -1.42. The predicted molar refractivity (Wildman–Crippen MR) is 64.6 cm³/mol. The third kappa shape index (κ3) is 2.82. The summed E-state index contributed by atoms with van der Waals surface area (Å²) < 4.78 is 0. The molecule has 0 radical (unpaired) electrons. The van der Waals surface area contributed by atoms with Gasteiger partial charge in [0.1, 0.15) is 0 Å². The molecule has 1 N–H and O–H groups in total. The van der Waals surface area contributed by atoms with Crippen LogP contribution in [0.25, 0.3) is 0 Å². The van der Waals surface area contributed by atoms with Crippen molar-refractivity contribution in [2.45, 2.75) is 31.3 Å². The number of hydrogen-bond acceptors (Lipinski definition) is 3. The van der Waals surface area contributed by atoms with E-state index in [9.17, 15) is 9.90 Å². The molecule has 0 saturated heterocycles. The molecule has 1 saturated carbocycles. The zero-order valence-corrected chi connectivity index (χ0v) is 10.1. The van der Waals surface area contributed by atoms with Gasteiger partial charge in [0.2, 0.25) is 0 Å². The molecule has 0 spiro atoms. The molecule has 1 aromatic rings. The molecule has 1 aliphatic carbocycles. The number of carbonyl (C=O) groups excluding carboxylic acids is 1. The lowest BCUT2D eigenvalue weighted by atomic mass is 10.0. The molecule has 0 atom stereocenters. The Balaban J connectivity index is 2.00. The minimum Gasteiger partial charge on any atom is -0.388 e. The lowest BCUT2D eigenvalue weighted by molar-refractivity contribution is 0.0156. The maximum atomic E-state index is 12.0. The number of rotatable bonds is 3. The quantitative estimate of drug-likeness (QED) is 0.861. The van der Waals surface area contributed by atoms with Gasteiger partial charge in [0, 0.05) is 26.0 Å². The van der Waals surface area contributed by atoms with E-state index in [-0.39, 0.29) is 5.91 Å². The summed E-state index contributed by atoms with van der Waals surface area (Å²) in [5.41, 5.74) is -0.122. The fraction of sp³-hybridized carbons (Fsp3) is 0.538. The average molecular weight is 234 g/mol. The van der Waals surface area contributed by atoms with Crippen LogP contribution in [0.5, 0.6) is 0 Å². The molecule has 1 fully saturated rings. The molecule has 1 aromatic heterocycles. The molecule has 0 aromatic carbocycles. The van der Waals surface area contributed by atoms with Crippen LogP contribution in [0.15, 0.2) is 24.5 Å². The van der Waals surface area contributed by atoms with Gasteiger partial charge in [-0.05, 0) is 25.0 Å². The second kappa shape index (κ2) is 4.84. The Morgan fingerprint density at radius 3 is 2.82 bits per heavy atom. The van der Waals surface area contributed by atoms with Crippen LogP contribution in [0, 0.1) is 0 Å². The summed E-state index contributed by atoms with van der Waals surface area (Å²) in [7, 11) is 1.73. The van der Waals surface area contributed by atoms with Crippen LogP contribution in [0.3, 0.4) is 0 Å². The third-order valence-electron chi connectivity index (χ3n) is 3.32. The first-order chi connectivity index (χ1) is 8.11. The van der Waals surface area contributed by atoms with Gasteiger partial charge in [-0.1, -0.05) is 12.8 Å². The SMILES string of the molecule is CN(CC1(O)CCCC1)C(=O)c1cccnc1. The molecule has 4 nitrogen and oxygen atoms in total. The van der Waals surface area contributed by atoms with Crippen molar-refractivity contribution in [1.29, 1.82) is 0 Å². The normalized spacial score (nSPS) is 18.0. The average Bonchev–Trinajstić information content (AvgIpc) is 2.76. The molecule has 1 heterocycles. The Labute approximate surface area is 101 Å². The minimum atomic E-state index is -0.688. The lowest BCUT2D eigenvalue weighted by Crippen LogP contribution is -2.42. The number of pyridine rings is 1. The number of hydrogen-bond donors (Lipinski definition) is 1. The second-order valence-corrected chi connectivity index (χ2v) is 4.83. The van der Waals surface area contributed by atoms with Gasteiger partial charge in [-0.15, -0.1) is 0 Å². The van der Waals surface area contributed by atoms with Crippen molar-refractivity contribution in [3.63, 3.8) is 0 Å². The van der Waals surface area contributed by atoms with Crippen molar-refractivity contribution in [3.8, 4) is 0 Å². The highest BCUT2D eigenvalue weighted by atomic mass is 16.3. The number of amides is 1. The van der Waals surface area contributed by atoms with Gasteiger partial charge in [-0.3, -0.25) is 9.78 Å². The number of likely N-dealkylation sites (N-methyl/N-ethyl adjacent to an activating group) is 1. The summed E-state index contributed by atoms with van der Waals surface area (Å²) in [5.74, 6) is -0.0848. The highest BCUT2D eigenvalue weighted by molar-refractivity contribution is 5.93.